The topological polar surface area (TPSA) is 251 Å². The maximum absolute atomic E-state index is 14.3. The molecule has 0 radical (unpaired) electrons. The van der Waals surface area contributed by atoms with Crippen molar-refractivity contribution in [3.63, 3.8) is 0 Å². The Morgan fingerprint density at radius 2 is 1.66 bits per heavy atom. The number of nitrogens with one attached hydrogen (secondary N) is 2. The molecule has 2 bridgehead atoms. The van der Waals surface area contributed by atoms with Gasteiger partial charge in [-0.05, 0) is 142 Å². The van der Waals surface area contributed by atoms with Gasteiger partial charge >= 0.3 is 11.9 Å². The number of amides is 1. The number of carbonyl (C=O) groups is 3. The van der Waals surface area contributed by atoms with Crippen LogP contribution in [0.3, 0.4) is 0 Å². The fourth-order valence-corrected chi connectivity index (χ4v) is 14.1. The van der Waals surface area contributed by atoms with Crippen molar-refractivity contribution >= 4 is 26.2 Å². The molecule has 5 aliphatic rings. The molecule has 0 saturated carbocycles. The van der Waals surface area contributed by atoms with Gasteiger partial charge in [0.05, 0.1) is 54.8 Å². The van der Waals surface area contributed by atoms with Crippen LogP contribution in [0.2, 0.25) is 18.1 Å². The quantitative estimate of drug-likeness (QED) is 0.0680. The van der Waals surface area contributed by atoms with Gasteiger partial charge in [-0.25, -0.2) is 13.5 Å². The lowest BCUT2D eigenvalue weighted by Gasteiger charge is -2.50. The number of hydrogen-bond donors (Lipinski definition) is 4. The molecule has 0 aliphatic carbocycles. The summed E-state index contributed by atoms with van der Waals surface area (Å²) in [5.74, 6) is -3.53. The van der Waals surface area contributed by atoms with E-state index in [-0.39, 0.29) is 66.3 Å². The molecular formula is C66H106F2N6O16Si. The Kier molecular flexibility index (Phi) is 26.5. The number of cyclic esters (lactones) is 1. The number of methoxy groups -OCH3 is 1. The van der Waals surface area contributed by atoms with E-state index in [1.807, 2.05) is 72.0 Å². The first kappa shape index (κ1) is 74.2. The van der Waals surface area contributed by atoms with Gasteiger partial charge in [-0.1, -0.05) is 71.1 Å². The van der Waals surface area contributed by atoms with Crippen LogP contribution in [0.25, 0.3) is 0 Å². The number of benzene rings is 1. The van der Waals surface area contributed by atoms with E-state index in [0.717, 1.165) is 24.6 Å². The van der Waals surface area contributed by atoms with Gasteiger partial charge in [0.1, 0.15) is 54.0 Å². The first-order valence-corrected chi connectivity index (χ1v) is 35.6. The predicted octanol–water partition coefficient (Wildman–Crippen LogP) is 8.13. The van der Waals surface area contributed by atoms with E-state index >= 15 is 0 Å². The first-order valence-electron chi connectivity index (χ1n) is 32.7. The predicted molar refractivity (Wildman–Crippen MR) is 336 cm³/mol. The first-order chi connectivity index (χ1) is 42.8. The second-order valence-electron chi connectivity index (χ2n) is 28.1. The lowest BCUT2D eigenvalue weighted by atomic mass is 9.82. The molecule has 7 rings (SSSR count). The average Bonchev–Trinajstić information content (AvgIpc) is 1.69. The van der Waals surface area contributed by atoms with Gasteiger partial charge in [-0.2, -0.15) is 0 Å². The van der Waals surface area contributed by atoms with Crippen LogP contribution in [-0.2, 0) is 79.1 Å². The van der Waals surface area contributed by atoms with Crippen molar-refractivity contribution in [2.24, 2.45) is 17.8 Å². The summed E-state index contributed by atoms with van der Waals surface area (Å²) in [6.07, 6.45) is 0.898. The highest BCUT2D eigenvalue weighted by molar-refractivity contribution is 6.74. The van der Waals surface area contributed by atoms with E-state index in [0.29, 0.717) is 44.2 Å². The van der Waals surface area contributed by atoms with Crippen molar-refractivity contribution in [2.75, 3.05) is 28.3 Å². The zero-order chi connectivity index (χ0) is 66.9. The summed E-state index contributed by atoms with van der Waals surface area (Å²) in [4.78, 5) is 42.6. The number of nitrogens with zero attached hydrogens (tertiary/aromatic N) is 4. The standard InChI is InChI=1S/C66H106F2N6O16Si/c1-37(2)56(63(78)70-35-44-31-45(67)26-27-47(44)68)74-36-46(71-72-74)23-21-25-51(75)87-62-42(7)83-55(34-66(62,11)79)88-59-41(6)84-64(58(77)57(59)73(13)14)89-60-43-30-38(3)49(85-53-29-28-48(69-12)40(5)82-53)24-20-18-19-22-39(4)81-52(76)33-50(61(60)80-15)86-54(32-43)90-91(16,17)65(8,9)10/h18-20,24,26-27,31,36-43,48-50,53-62,64,69,77,79H,21-23,25,28-30,32-35H2,1-17H3,(H,70,78)/b19-18+,24-20+/t38-,39-,40-,41-,42+,43-,48+,49+,50-,53+,54?,55+,56-,57-,58-,59-,60+,61+,62+,64+,66-/m1/s1. The van der Waals surface area contributed by atoms with Crippen LogP contribution in [0.1, 0.15) is 151 Å². The molecule has 514 valence electrons. The molecule has 4 N–H and O–H groups in total. The van der Waals surface area contributed by atoms with Gasteiger partial charge in [-0.3, -0.25) is 14.4 Å². The smallest absolute Gasteiger partial charge is 0.308 e. The van der Waals surface area contributed by atoms with E-state index < -0.39 is 142 Å². The SMILES string of the molecule is CN[C@H]1CC[C@H](O[C@H]2/C=C/C=C/C[C@@H](C)OC(=O)C[C@H]3OC(O[Si](C)(C)C(C)(C)C)C[C@@H](C[C@H]2C)[C@H](O[C@@H]2O[C@H](C)[C@@H](O[C@H]4C[C@@](C)(O)[C@@H](OC(=O)CCCc5cn([C@@H](C(=O)NCc6cc(F)ccc6F)C(C)C)nn5)[C@H](C)O4)[C@H](N(C)C)[C@H]2O)[C@H]3OC)O[C@@H]1C. The summed E-state index contributed by atoms with van der Waals surface area (Å²) in [6, 6.07) is 1.69. The number of aryl methyl sites for hydroxylation is 1. The Bertz CT molecular complexity index is 2730. The summed E-state index contributed by atoms with van der Waals surface area (Å²) in [7, 11) is 4.63. The molecule has 5 aliphatic heterocycles. The largest absolute Gasteiger partial charge is 0.462 e. The third-order valence-corrected chi connectivity index (χ3v) is 23.5. The van der Waals surface area contributed by atoms with Crippen molar-refractivity contribution in [3.05, 3.63) is 71.6 Å². The summed E-state index contributed by atoms with van der Waals surface area (Å²) in [6.45, 7) is 25.4. The van der Waals surface area contributed by atoms with Gasteiger partial charge in [-0.15, -0.1) is 5.10 Å². The van der Waals surface area contributed by atoms with E-state index in [1.54, 1.807) is 27.2 Å². The molecule has 1 aromatic carbocycles. The van der Waals surface area contributed by atoms with E-state index in [1.165, 1.54) is 4.68 Å². The average molecular weight is 1310 g/mol. The molecule has 2 aromatic rings. The molecule has 1 unspecified atom stereocenters. The fraction of sp³-hybridized carbons (Fsp3) is 0.773. The molecule has 6 heterocycles. The number of hydrogen-bond acceptors (Lipinski definition) is 20. The number of rotatable bonds is 21. The Morgan fingerprint density at radius 1 is 0.934 bits per heavy atom. The third kappa shape index (κ3) is 19.7. The summed E-state index contributed by atoms with van der Waals surface area (Å²) < 4.78 is 102. The Hall–Kier alpha value is -4.19. The Morgan fingerprint density at radius 3 is 2.32 bits per heavy atom. The number of aliphatic hydroxyl groups excluding tert-OH is 1. The second kappa shape index (κ2) is 32.5. The summed E-state index contributed by atoms with van der Waals surface area (Å²) >= 11 is 0. The molecule has 0 spiro atoms. The van der Waals surface area contributed by atoms with Crippen molar-refractivity contribution in [1.29, 1.82) is 0 Å². The van der Waals surface area contributed by atoms with E-state index in [2.05, 4.69) is 74.7 Å². The zero-order valence-electron chi connectivity index (χ0n) is 56.7. The van der Waals surface area contributed by atoms with Gasteiger partial charge in [0.2, 0.25) is 5.91 Å². The van der Waals surface area contributed by atoms with Crippen molar-refractivity contribution in [3.8, 4) is 0 Å². The van der Waals surface area contributed by atoms with Gasteiger partial charge in [0.25, 0.3) is 0 Å². The molecule has 25 heteroatoms. The number of fused-ring (bicyclic) bond motifs is 3. The zero-order valence-corrected chi connectivity index (χ0v) is 57.7. The van der Waals surface area contributed by atoms with Crippen molar-refractivity contribution in [2.45, 2.75) is 281 Å². The number of esters is 2. The van der Waals surface area contributed by atoms with Gasteiger partial charge in [0.15, 0.2) is 33.3 Å². The van der Waals surface area contributed by atoms with Crippen LogP contribution >= 0.6 is 0 Å². The molecular weight excluding hydrogens is 1200 g/mol. The lowest BCUT2D eigenvalue weighted by molar-refractivity contribution is -0.343. The number of aromatic nitrogens is 3. The summed E-state index contributed by atoms with van der Waals surface area (Å²) in [5, 5.41) is 38.9. The number of aliphatic hydroxyl groups is 2. The van der Waals surface area contributed by atoms with Gasteiger partial charge in [0, 0.05) is 57.1 Å². The molecule has 22 nitrogen and oxygen atoms in total. The summed E-state index contributed by atoms with van der Waals surface area (Å²) in [5.41, 5.74) is -1.09. The Labute approximate surface area is 538 Å². The molecule has 4 fully saturated rings. The molecule has 1 amide bonds. The molecule has 1 aromatic heterocycles. The highest BCUT2D eigenvalue weighted by atomic mass is 28.4. The van der Waals surface area contributed by atoms with E-state index in [9.17, 15) is 33.4 Å². The molecule has 91 heavy (non-hydrogen) atoms. The normalized spacial score (nSPS) is 35.9. The number of ether oxygens (including phenoxy) is 10. The maximum atomic E-state index is 14.3. The maximum Gasteiger partial charge on any atom is 0.308 e. The number of likely N-dealkylation sites (N-methyl/N-ethyl adjacent to an activating group) is 2. The van der Waals surface area contributed by atoms with Crippen LogP contribution in [0.5, 0.6) is 0 Å². The number of allylic oxidation sites excluding steroid dienone is 2. The number of carbonyl (C=O) groups excluding carboxylic acids is 3. The third-order valence-electron chi connectivity index (χ3n) is 19.0. The monoisotopic (exact) mass is 1300 g/mol. The van der Waals surface area contributed by atoms with Crippen molar-refractivity contribution < 1.29 is 85.2 Å². The molecule has 4 saturated heterocycles. The second-order valence-corrected chi connectivity index (χ2v) is 32.8. The van der Waals surface area contributed by atoms with Crippen LogP contribution in [-0.4, -0.2) is 195 Å². The van der Waals surface area contributed by atoms with Crippen LogP contribution < -0.4 is 10.6 Å². The molecule has 21 atom stereocenters. The minimum atomic E-state index is -2.53. The van der Waals surface area contributed by atoms with Crippen LogP contribution in [0.15, 0.2) is 48.7 Å². The fourth-order valence-electron chi connectivity index (χ4n) is 13.0. The highest BCUT2D eigenvalue weighted by Gasteiger charge is 2.54. The minimum absolute atomic E-state index is 0.0101. The highest BCUT2D eigenvalue weighted by Crippen LogP contribution is 2.44. The van der Waals surface area contributed by atoms with Gasteiger partial charge < -0.3 is 77.5 Å². The lowest BCUT2D eigenvalue weighted by Crippen LogP contribution is -2.65. The van der Waals surface area contributed by atoms with E-state index in [4.69, 9.17) is 51.8 Å². The van der Waals surface area contributed by atoms with Crippen LogP contribution in [0.4, 0.5) is 8.78 Å². The number of halogens is 2. The minimum Gasteiger partial charge on any atom is -0.462 e. The van der Waals surface area contributed by atoms with Crippen molar-refractivity contribution in [1.82, 2.24) is 30.5 Å². The Balaban J connectivity index is 1.05. The van der Waals surface area contributed by atoms with Crippen LogP contribution in [0, 0.1) is 29.4 Å².